The van der Waals surface area contributed by atoms with E-state index in [9.17, 15) is 9.59 Å². The molecule has 0 spiro atoms. The van der Waals surface area contributed by atoms with Crippen molar-refractivity contribution < 1.29 is 9.59 Å². The van der Waals surface area contributed by atoms with Crippen LogP contribution in [0.4, 0.5) is 0 Å². The van der Waals surface area contributed by atoms with Crippen molar-refractivity contribution in [3.8, 4) is 0 Å². The number of hydrogen-bond donors (Lipinski definition) is 1. The molecule has 0 radical (unpaired) electrons. The predicted molar refractivity (Wildman–Crippen MR) is 50.5 cm³/mol. The van der Waals surface area contributed by atoms with Crippen LogP contribution in [0.25, 0.3) is 0 Å². The van der Waals surface area contributed by atoms with E-state index in [0.29, 0.717) is 6.54 Å². The van der Waals surface area contributed by atoms with Crippen LogP contribution in [0, 0.1) is 6.92 Å². The molecular formula is C9H13N3O2. The molecule has 5 heteroatoms. The third-order valence-corrected chi connectivity index (χ3v) is 1.85. The lowest BCUT2D eigenvalue weighted by molar-refractivity contribution is -0.136. The van der Waals surface area contributed by atoms with Crippen LogP contribution in [-0.4, -0.2) is 21.5 Å². The number of carbonyl (C=O) groups is 2. The third-order valence-electron chi connectivity index (χ3n) is 1.85. The second-order valence-electron chi connectivity index (χ2n) is 3.14. The lowest BCUT2D eigenvalue weighted by atomic mass is 10.3. The van der Waals surface area contributed by atoms with Crippen LogP contribution in [0.1, 0.15) is 18.3 Å². The van der Waals surface area contributed by atoms with Gasteiger partial charge >= 0.3 is 0 Å². The van der Waals surface area contributed by atoms with E-state index in [1.54, 1.807) is 11.7 Å². The molecule has 0 atom stereocenters. The number of amides is 1. The molecule has 76 valence electrons. The molecule has 1 aromatic heterocycles. The standard InChI is InChI=1S/C9H13N3O2/c1-6-4-8(12(3)11-6)5-10-9(14)7(2)13/h4H,5H2,1-3H3,(H,10,14). The van der Waals surface area contributed by atoms with Crippen molar-refractivity contribution in [2.24, 2.45) is 7.05 Å². The second-order valence-corrected chi connectivity index (χ2v) is 3.14. The maximum absolute atomic E-state index is 10.9. The van der Waals surface area contributed by atoms with E-state index in [1.165, 1.54) is 6.92 Å². The van der Waals surface area contributed by atoms with Crippen molar-refractivity contribution in [3.05, 3.63) is 17.5 Å². The average molecular weight is 195 g/mol. The minimum Gasteiger partial charge on any atom is -0.344 e. The third kappa shape index (κ3) is 2.42. The molecule has 0 fully saturated rings. The summed E-state index contributed by atoms with van der Waals surface area (Å²) < 4.78 is 1.68. The van der Waals surface area contributed by atoms with Crippen molar-refractivity contribution in [1.82, 2.24) is 15.1 Å². The fourth-order valence-corrected chi connectivity index (χ4v) is 1.12. The highest BCUT2D eigenvalue weighted by molar-refractivity contribution is 6.35. The monoisotopic (exact) mass is 195 g/mol. The number of carbonyl (C=O) groups excluding carboxylic acids is 2. The molecule has 1 rings (SSSR count). The lowest BCUT2D eigenvalue weighted by Gasteiger charge is -2.02. The highest BCUT2D eigenvalue weighted by Crippen LogP contribution is 2.00. The molecule has 14 heavy (non-hydrogen) atoms. The Morgan fingerprint density at radius 1 is 1.57 bits per heavy atom. The Kier molecular flexibility index (Phi) is 3.01. The number of hydrogen-bond acceptors (Lipinski definition) is 3. The Hall–Kier alpha value is -1.65. The van der Waals surface area contributed by atoms with E-state index in [2.05, 4.69) is 10.4 Å². The topological polar surface area (TPSA) is 64.0 Å². The number of rotatable bonds is 3. The molecule has 1 heterocycles. The van der Waals surface area contributed by atoms with Gasteiger partial charge in [0.25, 0.3) is 5.91 Å². The fourth-order valence-electron chi connectivity index (χ4n) is 1.12. The number of nitrogens with one attached hydrogen (secondary N) is 1. The van der Waals surface area contributed by atoms with Crippen LogP contribution in [0.15, 0.2) is 6.07 Å². The molecule has 1 N–H and O–H groups in total. The van der Waals surface area contributed by atoms with Gasteiger partial charge in [-0.2, -0.15) is 5.10 Å². The van der Waals surface area contributed by atoms with E-state index in [1.807, 2.05) is 13.0 Å². The highest BCUT2D eigenvalue weighted by Gasteiger charge is 2.08. The molecule has 0 aliphatic rings. The molecule has 0 aromatic carbocycles. The van der Waals surface area contributed by atoms with Gasteiger partial charge in [-0.3, -0.25) is 14.3 Å². The largest absolute Gasteiger partial charge is 0.344 e. The first-order chi connectivity index (χ1) is 6.50. The van der Waals surface area contributed by atoms with Crippen LogP contribution in [-0.2, 0) is 23.2 Å². The van der Waals surface area contributed by atoms with Gasteiger partial charge in [-0.25, -0.2) is 0 Å². The normalized spacial score (nSPS) is 9.93. The molecule has 1 aromatic rings. The number of ketones is 1. The summed E-state index contributed by atoms with van der Waals surface area (Å²) in [7, 11) is 1.79. The van der Waals surface area contributed by atoms with Gasteiger partial charge in [-0.15, -0.1) is 0 Å². The summed E-state index contributed by atoms with van der Waals surface area (Å²) in [5.74, 6) is -1.05. The number of nitrogens with zero attached hydrogens (tertiary/aromatic N) is 2. The Morgan fingerprint density at radius 2 is 2.21 bits per heavy atom. The molecule has 5 nitrogen and oxygen atoms in total. The average Bonchev–Trinajstić information content (AvgIpc) is 2.40. The Balaban J connectivity index is 2.58. The van der Waals surface area contributed by atoms with Crippen molar-refractivity contribution in [3.63, 3.8) is 0 Å². The summed E-state index contributed by atoms with van der Waals surface area (Å²) in [6, 6.07) is 1.86. The van der Waals surface area contributed by atoms with E-state index in [4.69, 9.17) is 0 Å². The zero-order valence-electron chi connectivity index (χ0n) is 8.50. The minimum absolute atomic E-state index is 0.329. The van der Waals surface area contributed by atoms with Crippen LogP contribution >= 0.6 is 0 Å². The molecular weight excluding hydrogens is 182 g/mol. The summed E-state index contributed by atoms with van der Waals surface area (Å²) in [6.07, 6.45) is 0. The Morgan fingerprint density at radius 3 is 2.64 bits per heavy atom. The van der Waals surface area contributed by atoms with Gasteiger partial charge in [-0.05, 0) is 13.0 Å². The molecule has 0 aliphatic heterocycles. The Labute approximate surface area is 82.1 Å². The van der Waals surface area contributed by atoms with Gasteiger partial charge in [0.2, 0.25) is 5.78 Å². The van der Waals surface area contributed by atoms with Crippen molar-refractivity contribution >= 4 is 11.7 Å². The second kappa shape index (κ2) is 4.04. The summed E-state index contributed by atoms with van der Waals surface area (Å²) >= 11 is 0. The molecule has 0 saturated carbocycles. The van der Waals surface area contributed by atoms with E-state index in [0.717, 1.165) is 11.4 Å². The summed E-state index contributed by atoms with van der Waals surface area (Å²) in [5, 5.41) is 6.62. The molecule has 0 bridgehead atoms. The van der Waals surface area contributed by atoms with Crippen LogP contribution < -0.4 is 5.32 Å². The number of aryl methyl sites for hydroxylation is 2. The zero-order chi connectivity index (χ0) is 10.7. The van der Waals surface area contributed by atoms with Gasteiger partial charge in [-0.1, -0.05) is 0 Å². The van der Waals surface area contributed by atoms with Gasteiger partial charge in [0.1, 0.15) is 0 Å². The number of aromatic nitrogens is 2. The molecule has 0 saturated heterocycles. The predicted octanol–water partition coefficient (Wildman–Crippen LogP) is -0.0663. The van der Waals surface area contributed by atoms with Crippen molar-refractivity contribution in [2.45, 2.75) is 20.4 Å². The highest BCUT2D eigenvalue weighted by atomic mass is 16.2. The molecule has 1 amide bonds. The van der Waals surface area contributed by atoms with Gasteiger partial charge in [0, 0.05) is 14.0 Å². The molecule has 0 aliphatic carbocycles. The van der Waals surface area contributed by atoms with Gasteiger partial charge in [0.05, 0.1) is 17.9 Å². The first-order valence-electron chi connectivity index (χ1n) is 4.29. The minimum atomic E-state index is -0.566. The first-order valence-corrected chi connectivity index (χ1v) is 4.29. The van der Waals surface area contributed by atoms with E-state index in [-0.39, 0.29) is 0 Å². The fraction of sp³-hybridized carbons (Fsp3) is 0.444. The maximum atomic E-state index is 10.9. The SMILES string of the molecule is CC(=O)C(=O)NCc1cc(C)nn1C. The lowest BCUT2D eigenvalue weighted by Crippen LogP contribution is -2.29. The van der Waals surface area contributed by atoms with E-state index < -0.39 is 11.7 Å². The van der Waals surface area contributed by atoms with Gasteiger partial charge in [0.15, 0.2) is 0 Å². The van der Waals surface area contributed by atoms with Crippen molar-refractivity contribution in [1.29, 1.82) is 0 Å². The van der Waals surface area contributed by atoms with Gasteiger partial charge < -0.3 is 5.32 Å². The zero-order valence-corrected chi connectivity index (χ0v) is 8.50. The summed E-state index contributed by atoms with van der Waals surface area (Å²) in [4.78, 5) is 21.6. The Bertz CT molecular complexity index is 368. The van der Waals surface area contributed by atoms with Crippen LogP contribution in [0.3, 0.4) is 0 Å². The first kappa shape index (κ1) is 10.4. The maximum Gasteiger partial charge on any atom is 0.287 e. The van der Waals surface area contributed by atoms with E-state index >= 15 is 0 Å². The smallest absolute Gasteiger partial charge is 0.287 e. The molecule has 0 unspecified atom stereocenters. The quantitative estimate of drug-likeness (QED) is 0.687. The van der Waals surface area contributed by atoms with Crippen LogP contribution in [0.2, 0.25) is 0 Å². The summed E-state index contributed by atoms with van der Waals surface area (Å²) in [5.41, 5.74) is 1.76. The van der Waals surface area contributed by atoms with Crippen molar-refractivity contribution in [2.75, 3.05) is 0 Å². The van der Waals surface area contributed by atoms with Crippen LogP contribution in [0.5, 0.6) is 0 Å². The summed E-state index contributed by atoms with van der Waals surface area (Å²) in [6.45, 7) is 3.44. The number of Topliss-reactive ketones (excluding diaryl/α,β-unsaturated/α-hetero) is 1.